The van der Waals surface area contributed by atoms with Crippen LogP contribution >= 0.6 is 15.9 Å². The van der Waals surface area contributed by atoms with Crippen LogP contribution in [-0.2, 0) is 14.6 Å². The van der Waals surface area contributed by atoms with Gasteiger partial charge < -0.3 is 9.31 Å². The highest BCUT2D eigenvalue weighted by molar-refractivity contribution is 9.08. The molecule has 1 aromatic carbocycles. The maximum absolute atomic E-state index is 8.90. The molecule has 0 spiro atoms. The van der Waals surface area contributed by atoms with Crippen LogP contribution in [-0.4, -0.2) is 20.3 Å². The molecule has 0 aliphatic carbocycles. The molecule has 94 valence electrons. The van der Waals surface area contributed by atoms with Crippen LogP contribution in [0.2, 0.25) is 0 Å². The van der Waals surface area contributed by atoms with Gasteiger partial charge in [-0.15, -0.1) is 0 Å². The zero-order valence-electron chi connectivity index (χ0n) is 10.6. The first-order valence-electron chi connectivity index (χ1n) is 5.88. The zero-order valence-corrected chi connectivity index (χ0v) is 12.2. The van der Waals surface area contributed by atoms with Crippen molar-refractivity contribution in [2.45, 2.75) is 19.2 Å². The van der Waals surface area contributed by atoms with Gasteiger partial charge in [-0.1, -0.05) is 35.8 Å². The smallest absolute Gasteiger partial charge is 0.407 e. The fourth-order valence-electron chi connectivity index (χ4n) is 1.89. The van der Waals surface area contributed by atoms with E-state index in [2.05, 4.69) is 35.8 Å². The molecular formula is C13H15BBrNO2. The first-order valence-corrected chi connectivity index (χ1v) is 7.00. The first-order chi connectivity index (χ1) is 8.55. The average Bonchev–Trinajstić information content (AvgIpc) is 2.38. The molecule has 2 rings (SSSR count). The maximum Gasteiger partial charge on any atom is 0.494 e. The number of nitrogens with zero attached hydrogens (tertiary/aromatic N) is 1. The summed E-state index contributed by atoms with van der Waals surface area (Å²) >= 11 is 3.44. The molecule has 0 aromatic heterocycles. The monoisotopic (exact) mass is 307 g/mol. The van der Waals surface area contributed by atoms with Crippen molar-refractivity contribution >= 4 is 28.5 Å². The van der Waals surface area contributed by atoms with Gasteiger partial charge in [0.1, 0.15) is 0 Å². The van der Waals surface area contributed by atoms with Gasteiger partial charge in [0.15, 0.2) is 0 Å². The molecule has 1 aromatic rings. The van der Waals surface area contributed by atoms with Gasteiger partial charge in [0.05, 0.1) is 11.6 Å². The van der Waals surface area contributed by atoms with Crippen LogP contribution in [0.5, 0.6) is 0 Å². The summed E-state index contributed by atoms with van der Waals surface area (Å²) in [7, 11) is -0.321. The molecule has 1 heterocycles. The van der Waals surface area contributed by atoms with Crippen molar-refractivity contribution in [3.63, 3.8) is 0 Å². The Kier molecular flexibility index (Phi) is 4.11. The van der Waals surface area contributed by atoms with Gasteiger partial charge in [0.2, 0.25) is 0 Å². The van der Waals surface area contributed by atoms with Crippen molar-refractivity contribution in [1.82, 2.24) is 0 Å². The summed E-state index contributed by atoms with van der Waals surface area (Å²) < 4.78 is 11.5. The zero-order chi connectivity index (χ0) is 13.2. The molecule has 1 saturated heterocycles. The van der Waals surface area contributed by atoms with Gasteiger partial charge in [-0.2, -0.15) is 5.26 Å². The molecule has 0 saturated carbocycles. The SMILES string of the molecule is CC1(C)COB(c2ccc(C#N)cc2CBr)OC1. The lowest BCUT2D eigenvalue weighted by Crippen LogP contribution is -2.48. The van der Waals surface area contributed by atoms with E-state index in [-0.39, 0.29) is 12.5 Å². The Morgan fingerprint density at radius 2 is 2.06 bits per heavy atom. The van der Waals surface area contributed by atoms with Gasteiger partial charge in [0.25, 0.3) is 0 Å². The Labute approximate surface area is 116 Å². The standard InChI is InChI=1S/C13H15BBrNO2/c1-13(2)8-17-14(18-9-13)12-4-3-10(7-16)5-11(12)6-15/h3-5H,6,8-9H2,1-2H3. The normalized spacial score (nSPS) is 18.4. The predicted octanol–water partition coefficient (Wildman–Crippen LogP) is 2.22. The lowest BCUT2D eigenvalue weighted by Gasteiger charge is -2.33. The number of hydrogen-bond donors (Lipinski definition) is 0. The summed E-state index contributed by atoms with van der Waals surface area (Å²) in [5.41, 5.74) is 2.77. The molecule has 5 heteroatoms. The average molecular weight is 308 g/mol. The predicted molar refractivity (Wildman–Crippen MR) is 74.9 cm³/mol. The Bertz CT molecular complexity index is 474. The third-order valence-electron chi connectivity index (χ3n) is 2.92. The highest BCUT2D eigenvalue weighted by atomic mass is 79.9. The number of hydrogen-bond acceptors (Lipinski definition) is 3. The fourth-order valence-corrected chi connectivity index (χ4v) is 2.38. The van der Waals surface area contributed by atoms with Crippen molar-refractivity contribution in [1.29, 1.82) is 5.26 Å². The van der Waals surface area contributed by atoms with Gasteiger partial charge >= 0.3 is 7.12 Å². The minimum Gasteiger partial charge on any atom is -0.407 e. The molecule has 3 nitrogen and oxygen atoms in total. The van der Waals surface area contributed by atoms with Crippen LogP contribution in [0.3, 0.4) is 0 Å². The highest BCUT2D eigenvalue weighted by Crippen LogP contribution is 2.22. The van der Waals surface area contributed by atoms with E-state index < -0.39 is 0 Å². The summed E-state index contributed by atoms with van der Waals surface area (Å²) in [5.74, 6) is 0. The lowest BCUT2D eigenvalue weighted by molar-refractivity contribution is 0.0342. The topological polar surface area (TPSA) is 42.2 Å². The summed E-state index contributed by atoms with van der Waals surface area (Å²) in [5, 5.41) is 9.58. The third-order valence-corrected chi connectivity index (χ3v) is 3.52. The summed E-state index contributed by atoms with van der Waals surface area (Å²) in [6.07, 6.45) is 0. The second-order valence-corrected chi connectivity index (χ2v) is 5.84. The Balaban J connectivity index is 2.22. The second kappa shape index (κ2) is 5.44. The van der Waals surface area contributed by atoms with Crippen LogP contribution in [0.25, 0.3) is 0 Å². The quantitative estimate of drug-likeness (QED) is 0.621. The van der Waals surface area contributed by atoms with Crippen LogP contribution in [0.1, 0.15) is 25.0 Å². The molecule has 0 bridgehead atoms. The van der Waals surface area contributed by atoms with Crippen LogP contribution in [0, 0.1) is 16.7 Å². The molecule has 1 fully saturated rings. The molecule has 0 amide bonds. The summed E-state index contributed by atoms with van der Waals surface area (Å²) in [6.45, 7) is 5.60. The lowest BCUT2D eigenvalue weighted by atomic mass is 9.73. The minimum atomic E-state index is -0.321. The van der Waals surface area contributed by atoms with Crippen LogP contribution in [0.4, 0.5) is 0 Å². The maximum atomic E-state index is 8.90. The van der Waals surface area contributed by atoms with E-state index in [0.29, 0.717) is 24.1 Å². The molecule has 1 aliphatic rings. The molecule has 18 heavy (non-hydrogen) atoms. The summed E-state index contributed by atoms with van der Waals surface area (Å²) in [4.78, 5) is 0. The van der Waals surface area contributed by atoms with Gasteiger partial charge in [-0.25, -0.2) is 0 Å². The van der Waals surface area contributed by atoms with Crippen molar-refractivity contribution in [2.75, 3.05) is 13.2 Å². The van der Waals surface area contributed by atoms with Crippen molar-refractivity contribution in [3.8, 4) is 6.07 Å². The number of halogens is 1. The van der Waals surface area contributed by atoms with E-state index >= 15 is 0 Å². The number of alkyl halides is 1. The van der Waals surface area contributed by atoms with Gasteiger partial charge in [-0.3, -0.25) is 0 Å². The van der Waals surface area contributed by atoms with E-state index in [1.165, 1.54) is 0 Å². The molecule has 0 unspecified atom stereocenters. The molecule has 0 radical (unpaired) electrons. The minimum absolute atomic E-state index is 0.0671. The Morgan fingerprint density at radius 3 is 2.61 bits per heavy atom. The second-order valence-electron chi connectivity index (χ2n) is 5.28. The molecule has 0 N–H and O–H groups in total. The van der Waals surface area contributed by atoms with Crippen molar-refractivity contribution < 1.29 is 9.31 Å². The van der Waals surface area contributed by atoms with Gasteiger partial charge in [-0.05, 0) is 23.2 Å². The van der Waals surface area contributed by atoms with Crippen LogP contribution in [0.15, 0.2) is 18.2 Å². The molecule has 0 atom stereocenters. The number of nitriles is 1. The van der Waals surface area contributed by atoms with E-state index in [0.717, 1.165) is 11.0 Å². The van der Waals surface area contributed by atoms with E-state index in [9.17, 15) is 0 Å². The van der Waals surface area contributed by atoms with Crippen molar-refractivity contribution in [2.24, 2.45) is 5.41 Å². The number of rotatable bonds is 2. The highest BCUT2D eigenvalue weighted by Gasteiger charge is 2.34. The largest absolute Gasteiger partial charge is 0.494 e. The number of benzene rings is 1. The molecular weight excluding hydrogens is 293 g/mol. The molecule has 1 aliphatic heterocycles. The van der Waals surface area contributed by atoms with Crippen molar-refractivity contribution in [3.05, 3.63) is 29.3 Å². The van der Waals surface area contributed by atoms with E-state index in [1.807, 2.05) is 12.1 Å². The fraction of sp³-hybridized carbons (Fsp3) is 0.462. The van der Waals surface area contributed by atoms with Crippen LogP contribution < -0.4 is 5.46 Å². The van der Waals surface area contributed by atoms with Gasteiger partial charge in [0, 0.05) is 24.0 Å². The third kappa shape index (κ3) is 2.95. The Morgan fingerprint density at radius 1 is 1.39 bits per heavy atom. The summed E-state index contributed by atoms with van der Waals surface area (Å²) in [6, 6.07) is 7.73. The van der Waals surface area contributed by atoms with E-state index in [4.69, 9.17) is 14.6 Å². The van der Waals surface area contributed by atoms with E-state index in [1.54, 1.807) is 6.07 Å². The first kappa shape index (κ1) is 13.6. The Hall–Kier alpha value is -0.825.